The van der Waals surface area contributed by atoms with Crippen LogP contribution in [-0.2, 0) is 11.2 Å². The second-order valence-electron chi connectivity index (χ2n) is 4.58. The van der Waals surface area contributed by atoms with Crippen molar-refractivity contribution in [3.05, 3.63) is 59.4 Å². The van der Waals surface area contributed by atoms with E-state index in [1.165, 1.54) is 0 Å². The van der Waals surface area contributed by atoms with E-state index in [9.17, 15) is 4.79 Å². The van der Waals surface area contributed by atoms with Crippen molar-refractivity contribution in [2.75, 3.05) is 11.9 Å². The van der Waals surface area contributed by atoms with Gasteiger partial charge in [-0.3, -0.25) is 9.78 Å². The van der Waals surface area contributed by atoms with Gasteiger partial charge in [0.2, 0.25) is 5.91 Å². The normalized spacial score (nSPS) is 9.62. The Labute approximate surface area is 124 Å². The molecule has 0 aliphatic carbocycles. The molecular weight excluding hydrogens is 262 g/mol. The molecule has 3 N–H and O–H groups in total. The number of aryl methyl sites for hydroxylation is 1. The van der Waals surface area contributed by atoms with Crippen molar-refractivity contribution < 1.29 is 4.79 Å². The van der Waals surface area contributed by atoms with Gasteiger partial charge in [-0.15, -0.1) is 0 Å². The van der Waals surface area contributed by atoms with Gasteiger partial charge in [0.1, 0.15) is 0 Å². The van der Waals surface area contributed by atoms with Crippen molar-refractivity contribution in [3.8, 4) is 11.8 Å². The topological polar surface area (TPSA) is 68.0 Å². The zero-order valence-electron chi connectivity index (χ0n) is 11.9. The largest absolute Gasteiger partial charge is 0.325 e. The number of pyridine rings is 1. The van der Waals surface area contributed by atoms with Crippen molar-refractivity contribution in [2.24, 2.45) is 5.73 Å². The van der Waals surface area contributed by atoms with E-state index in [0.29, 0.717) is 6.54 Å². The van der Waals surface area contributed by atoms with Crippen LogP contribution < -0.4 is 11.1 Å². The standard InChI is InChI=1S/C17H17N3O/c1-13-7-8-14(5-4-9-18)11-16(13)20-17(21)12-15-6-2-3-10-19-15/h2-3,6-8,10-11H,9,12,18H2,1H3,(H,20,21). The van der Waals surface area contributed by atoms with Gasteiger partial charge in [0.05, 0.1) is 13.0 Å². The van der Waals surface area contributed by atoms with E-state index in [1.54, 1.807) is 6.20 Å². The number of carbonyl (C=O) groups is 1. The van der Waals surface area contributed by atoms with E-state index in [2.05, 4.69) is 22.1 Å². The second kappa shape index (κ2) is 7.22. The summed E-state index contributed by atoms with van der Waals surface area (Å²) in [5, 5.41) is 2.90. The number of carbonyl (C=O) groups excluding carboxylic acids is 1. The van der Waals surface area contributed by atoms with Gasteiger partial charge in [-0.05, 0) is 36.8 Å². The van der Waals surface area contributed by atoms with E-state index in [0.717, 1.165) is 22.5 Å². The average Bonchev–Trinajstić information content (AvgIpc) is 2.49. The van der Waals surface area contributed by atoms with Crippen LogP contribution in [0.5, 0.6) is 0 Å². The maximum atomic E-state index is 12.1. The van der Waals surface area contributed by atoms with Crippen LogP contribution in [0, 0.1) is 18.8 Å². The number of hydrogen-bond acceptors (Lipinski definition) is 3. The number of nitrogens with two attached hydrogens (primary N) is 1. The highest BCUT2D eigenvalue weighted by molar-refractivity contribution is 5.92. The van der Waals surface area contributed by atoms with Gasteiger partial charge in [-0.25, -0.2) is 0 Å². The predicted octanol–water partition coefficient (Wildman–Crippen LogP) is 1.88. The molecule has 0 bridgehead atoms. The van der Waals surface area contributed by atoms with Crippen LogP contribution in [0.2, 0.25) is 0 Å². The van der Waals surface area contributed by atoms with E-state index >= 15 is 0 Å². The minimum Gasteiger partial charge on any atom is -0.325 e. The predicted molar refractivity (Wildman–Crippen MR) is 83.7 cm³/mol. The van der Waals surface area contributed by atoms with Crippen LogP contribution >= 0.6 is 0 Å². The zero-order valence-corrected chi connectivity index (χ0v) is 11.9. The molecule has 0 unspecified atom stereocenters. The van der Waals surface area contributed by atoms with Crippen molar-refractivity contribution in [3.63, 3.8) is 0 Å². The summed E-state index contributed by atoms with van der Waals surface area (Å²) in [7, 11) is 0. The molecule has 2 rings (SSSR count). The molecule has 0 radical (unpaired) electrons. The van der Waals surface area contributed by atoms with Crippen LogP contribution in [0.15, 0.2) is 42.6 Å². The van der Waals surface area contributed by atoms with Crippen molar-refractivity contribution in [2.45, 2.75) is 13.3 Å². The monoisotopic (exact) mass is 279 g/mol. The first-order valence-corrected chi connectivity index (χ1v) is 6.68. The molecule has 1 aromatic carbocycles. The minimum atomic E-state index is -0.0965. The molecule has 2 aromatic rings. The molecule has 106 valence electrons. The Bertz CT molecular complexity index is 684. The third-order valence-electron chi connectivity index (χ3n) is 2.91. The maximum absolute atomic E-state index is 12.1. The highest BCUT2D eigenvalue weighted by atomic mass is 16.1. The Morgan fingerprint density at radius 3 is 2.90 bits per heavy atom. The molecule has 21 heavy (non-hydrogen) atoms. The number of nitrogens with one attached hydrogen (secondary N) is 1. The summed E-state index contributed by atoms with van der Waals surface area (Å²) < 4.78 is 0. The molecule has 0 aliphatic rings. The van der Waals surface area contributed by atoms with E-state index in [-0.39, 0.29) is 12.3 Å². The molecule has 4 heteroatoms. The third kappa shape index (κ3) is 4.44. The van der Waals surface area contributed by atoms with Gasteiger partial charge in [0.15, 0.2) is 0 Å². The number of amides is 1. The summed E-state index contributed by atoms with van der Waals surface area (Å²) in [6, 6.07) is 11.2. The molecule has 1 heterocycles. The number of aromatic nitrogens is 1. The van der Waals surface area contributed by atoms with Gasteiger partial charge >= 0.3 is 0 Å². The molecule has 0 aliphatic heterocycles. The number of rotatable bonds is 3. The Morgan fingerprint density at radius 2 is 2.19 bits per heavy atom. The molecule has 1 amide bonds. The fourth-order valence-electron chi connectivity index (χ4n) is 1.85. The highest BCUT2D eigenvalue weighted by Crippen LogP contribution is 2.16. The summed E-state index contributed by atoms with van der Waals surface area (Å²) in [5.74, 6) is 5.66. The van der Waals surface area contributed by atoms with Crippen molar-refractivity contribution >= 4 is 11.6 Å². The highest BCUT2D eigenvalue weighted by Gasteiger charge is 2.07. The summed E-state index contributed by atoms with van der Waals surface area (Å²) in [6.45, 7) is 2.26. The van der Waals surface area contributed by atoms with Gasteiger partial charge in [0.25, 0.3) is 0 Å². The SMILES string of the molecule is Cc1ccc(C#CCN)cc1NC(=O)Cc1ccccn1. The fraction of sp³-hybridized carbons (Fsp3) is 0.176. The average molecular weight is 279 g/mol. The first-order valence-electron chi connectivity index (χ1n) is 6.68. The Hall–Kier alpha value is -2.64. The van der Waals surface area contributed by atoms with Gasteiger partial charge < -0.3 is 11.1 Å². The lowest BCUT2D eigenvalue weighted by Crippen LogP contribution is -2.15. The molecule has 0 atom stereocenters. The van der Waals surface area contributed by atoms with Gasteiger partial charge in [0, 0.05) is 23.1 Å². The summed E-state index contributed by atoms with van der Waals surface area (Å²) >= 11 is 0. The number of anilines is 1. The molecule has 0 saturated carbocycles. The summed E-state index contributed by atoms with van der Waals surface area (Å²) in [4.78, 5) is 16.2. The van der Waals surface area contributed by atoms with Crippen molar-refractivity contribution in [1.29, 1.82) is 0 Å². The summed E-state index contributed by atoms with van der Waals surface area (Å²) in [5.41, 5.74) is 8.69. The molecule has 1 aromatic heterocycles. The van der Waals surface area contributed by atoms with Gasteiger partial charge in [-0.2, -0.15) is 0 Å². The first-order chi connectivity index (χ1) is 10.2. The fourth-order valence-corrected chi connectivity index (χ4v) is 1.85. The lowest BCUT2D eigenvalue weighted by atomic mass is 10.1. The van der Waals surface area contributed by atoms with Crippen LogP contribution in [0.4, 0.5) is 5.69 Å². The second-order valence-corrected chi connectivity index (χ2v) is 4.58. The smallest absolute Gasteiger partial charge is 0.230 e. The lowest BCUT2D eigenvalue weighted by molar-refractivity contribution is -0.115. The van der Waals surface area contributed by atoms with Crippen LogP contribution in [-0.4, -0.2) is 17.4 Å². The minimum absolute atomic E-state index is 0.0965. The third-order valence-corrected chi connectivity index (χ3v) is 2.91. The molecule has 0 saturated heterocycles. The van der Waals surface area contributed by atoms with Crippen LogP contribution in [0.25, 0.3) is 0 Å². The number of benzene rings is 1. The molecule has 0 fully saturated rings. The van der Waals surface area contributed by atoms with E-state index < -0.39 is 0 Å². The van der Waals surface area contributed by atoms with E-state index in [1.807, 2.05) is 43.3 Å². The quantitative estimate of drug-likeness (QED) is 0.843. The summed E-state index contributed by atoms with van der Waals surface area (Å²) in [6.07, 6.45) is 1.93. The van der Waals surface area contributed by atoms with Crippen LogP contribution in [0.3, 0.4) is 0 Å². The lowest BCUT2D eigenvalue weighted by Gasteiger charge is -2.08. The number of hydrogen-bond donors (Lipinski definition) is 2. The maximum Gasteiger partial charge on any atom is 0.230 e. The zero-order chi connectivity index (χ0) is 15.1. The molecule has 0 spiro atoms. The Kier molecular flexibility index (Phi) is 5.08. The van der Waals surface area contributed by atoms with Crippen molar-refractivity contribution in [1.82, 2.24) is 4.98 Å². The molecular formula is C17H17N3O. The Balaban J connectivity index is 2.09. The van der Waals surface area contributed by atoms with Gasteiger partial charge in [-0.1, -0.05) is 24.0 Å². The van der Waals surface area contributed by atoms with Crippen LogP contribution in [0.1, 0.15) is 16.8 Å². The Morgan fingerprint density at radius 1 is 1.33 bits per heavy atom. The number of nitrogens with zero attached hydrogens (tertiary/aromatic N) is 1. The van der Waals surface area contributed by atoms with E-state index in [4.69, 9.17) is 5.73 Å². The first kappa shape index (κ1) is 14.8. The molecule has 4 nitrogen and oxygen atoms in total.